The van der Waals surface area contributed by atoms with Crippen LogP contribution in [0.15, 0.2) is 12.4 Å². The van der Waals surface area contributed by atoms with Gasteiger partial charge in [0.15, 0.2) is 11.0 Å². The van der Waals surface area contributed by atoms with Crippen LogP contribution in [0, 0.1) is 0 Å². The summed E-state index contributed by atoms with van der Waals surface area (Å²) in [5.41, 5.74) is 4.98. The smallest absolute Gasteiger partial charge is 0.217 e. The summed E-state index contributed by atoms with van der Waals surface area (Å²) in [5, 5.41) is 3.28. The van der Waals surface area contributed by atoms with Crippen molar-refractivity contribution in [3.63, 3.8) is 0 Å². The van der Waals surface area contributed by atoms with Crippen molar-refractivity contribution >= 4 is 23.3 Å². The average molecular weight is 215 g/mol. The van der Waals surface area contributed by atoms with Crippen molar-refractivity contribution in [1.29, 1.82) is 0 Å². The van der Waals surface area contributed by atoms with Crippen molar-refractivity contribution in [3.05, 3.63) is 17.5 Å². The van der Waals surface area contributed by atoms with Gasteiger partial charge in [-0.25, -0.2) is 9.97 Å². The summed E-state index contributed by atoms with van der Waals surface area (Å²) in [4.78, 5) is 18.2. The van der Waals surface area contributed by atoms with Gasteiger partial charge in [0.2, 0.25) is 5.91 Å². The van der Waals surface area contributed by atoms with Crippen LogP contribution in [0.25, 0.3) is 0 Å². The molecule has 0 aliphatic heterocycles. The van der Waals surface area contributed by atoms with Gasteiger partial charge in [-0.05, 0) is 6.42 Å². The molecule has 0 radical (unpaired) electrons. The zero-order chi connectivity index (χ0) is 10.4. The second-order valence-corrected chi connectivity index (χ2v) is 3.05. The molecule has 0 aromatic carbocycles. The summed E-state index contributed by atoms with van der Waals surface area (Å²) < 4.78 is 0. The van der Waals surface area contributed by atoms with Gasteiger partial charge in [0, 0.05) is 25.4 Å². The van der Waals surface area contributed by atoms with E-state index in [-0.39, 0.29) is 5.91 Å². The highest BCUT2D eigenvalue weighted by Crippen LogP contribution is 2.13. The molecule has 1 aromatic rings. The molecular weight excluding hydrogens is 204 g/mol. The van der Waals surface area contributed by atoms with Gasteiger partial charge in [-0.1, -0.05) is 11.6 Å². The van der Waals surface area contributed by atoms with E-state index in [2.05, 4.69) is 15.3 Å². The number of nitrogens with two attached hydrogens (primary N) is 1. The van der Waals surface area contributed by atoms with Crippen molar-refractivity contribution in [3.8, 4) is 0 Å². The summed E-state index contributed by atoms with van der Waals surface area (Å²) in [5.74, 6) is 0.218. The SMILES string of the molecule is NC(=O)CCCNc1nccnc1Cl. The lowest BCUT2D eigenvalue weighted by Gasteiger charge is -2.04. The zero-order valence-corrected chi connectivity index (χ0v) is 8.29. The van der Waals surface area contributed by atoms with Gasteiger partial charge in [0.1, 0.15) is 0 Å². The van der Waals surface area contributed by atoms with Crippen LogP contribution in [0.1, 0.15) is 12.8 Å². The molecule has 1 heterocycles. The maximum absolute atomic E-state index is 10.4. The summed E-state index contributed by atoms with van der Waals surface area (Å²) in [7, 11) is 0. The van der Waals surface area contributed by atoms with E-state index in [0.717, 1.165) is 0 Å². The zero-order valence-electron chi connectivity index (χ0n) is 7.53. The molecule has 5 nitrogen and oxygen atoms in total. The number of carbonyl (C=O) groups is 1. The van der Waals surface area contributed by atoms with E-state index in [0.29, 0.717) is 30.4 Å². The number of halogens is 1. The molecule has 0 aliphatic rings. The van der Waals surface area contributed by atoms with E-state index in [9.17, 15) is 4.79 Å². The predicted octanol–water partition coefficient (Wildman–Crippen LogP) is 0.807. The van der Waals surface area contributed by atoms with Gasteiger partial charge in [-0.2, -0.15) is 0 Å². The Labute approximate surface area is 86.7 Å². The molecule has 1 aromatic heterocycles. The fraction of sp³-hybridized carbons (Fsp3) is 0.375. The Kier molecular flexibility index (Phi) is 4.12. The van der Waals surface area contributed by atoms with Crippen LogP contribution >= 0.6 is 11.6 Å². The minimum atomic E-state index is -0.308. The Hall–Kier alpha value is -1.36. The van der Waals surface area contributed by atoms with Crippen molar-refractivity contribution in [2.75, 3.05) is 11.9 Å². The number of rotatable bonds is 5. The van der Waals surface area contributed by atoms with Crippen molar-refractivity contribution in [2.24, 2.45) is 5.73 Å². The first kappa shape index (κ1) is 10.7. The van der Waals surface area contributed by atoms with Crippen LogP contribution in [-0.4, -0.2) is 22.4 Å². The summed E-state index contributed by atoms with van der Waals surface area (Å²) >= 11 is 5.74. The fourth-order valence-electron chi connectivity index (χ4n) is 0.909. The van der Waals surface area contributed by atoms with Crippen LogP contribution in [0.2, 0.25) is 5.15 Å². The normalized spacial score (nSPS) is 9.79. The lowest BCUT2D eigenvalue weighted by atomic mass is 10.3. The Morgan fingerprint density at radius 2 is 2.21 bits per heavy atom. The maximum atomic E-state index is 10.4. The van der Waals surface area contributed by atoms with Gasteiger partial charge in [-0.15, -0.1) is 0 Å². The average Bonchev–Trinajstić information content (AvgIpc) is 2.15. The number of primary amides is 1. The number of nitrogens with zero attached hydrogens (tertiary/aromatic N) is 2. The Bertz CT molecular complexity index is 318. The predicted molar refractivity (Wildman–Crippen MR) is 54.0 cm³/mol. The number of amides is 1. The van der Waals surface area contributed by atoms with Crippen molar-refractivity contribution in [1.82, 2.24) is 9.97 Å². The molecule has 1 amide bonds. The van der Waals surface area contributed by atoms with Crippen molar-refractivity contribution < 1.29 is 4.79 Å². The first-order valence-electron chi connectivity index (χ1n) is 4.19. The molecule has 14 heavy (non-hydrogen) atoms. The molecule has 0 saturated carbocycles. The van der Waals surface area contributed by atoms with E-state index in [1.54, 1.807) is 6.20 Å². The Morgan fingerprint density at radius 1 is 1.50 bits per heavy atom. The molecule has 0 saturated heterocycles. The van der Waals surface area contributed by atoms with Crippen LogP contribution in [0.3, 0.4) is 0 Å². The number of carbonyl (C=O) groups excluding carboxylic acids is 1. The van der Waals surface area contributed by atoms with Gasteiger partial charge < -0.3 is 11.1 Å². The first-order chi connectivity index (χ1) is 6.70. The molecule has 76 valence electrons. The lowest BCUT2D eigenvalue weighted by Crippen LogP contribution is -2.13. The van der Waals surface area contributed by atoms with E-state index in [1.165, 1.54) is 6.20 Å². The van der Waals surface area contributed by atoms with Crippen molar-refractivity contribution in [2.45, 2.75) is 12.8 Å². The van der Waals surface area contributed by atoms with Crippen LogP contribution in [0.4, 0.5) is 5.82 Å². The fourth-order valence-corrected chi connectivity index (χ4v) is 1.08. The molecule has 1 rings (SSSR count). The number of anilines is 1. The standard InChI is InChI=1S/C8H11ClN4O/c9-7-8(13-5-4-11-7)12-3-1-2-6(10)14/h4-5H,1-3H2,(H2,10,14)(H,12,13). The van der Waals surface area contributed by atoms with Gasteiger partial charge >= 0.3 is 0 Å². The Balaban J connectivity index is 2.31. The van der Waals surface area contributed by atoms with Gasteiger partial charge in [0.05, 0.1) is 0 Å². The van der Waals surface area contributed by atoms with Crippen LogP contribution in [-0.2, 0) is 4.79 Å². The third-order valence-electron chi connectivity index (χ3n) is 1.55. The molecule has 0 fully saturated rings. The van der Waals surface area contributed by atoms with Crippen LogP contribution in [0.5, 0.6) is 0 Å². The minimum Gasteiger partial charge on any atom is -0.370 e. The molecule has 6 heteroatoms. The van der Waals surface area contributed by atoms with E-state index >= 15 is 0 Å². The molecule has 0 spiro atoms. The van der Waals surface area contributed by atoms with E-state index < -0.39 is 0 Å². The number of hydrogen-bond donors (Lipinski definition) is 2. The first-order valence-corrected chi connectivity index (χ1v) is 4.56. The number of hydrogen-bond acceptors (Lipinski definition) is 4. The summed E-state index contributed by atoms with van der Waals surface area (Å²) in [6.07, 6.45) is 4.06. The van der Waals surface area contributed by atoms with E-state index in [4.69, 9.17) is 17.3 Å². The topological polar surface area (TPSA) is 80.9 Å². The van der Waals surface area contributed by atoms with Crippen LogP contribution < -0.4 is 11.1 Å². The highest BCUT2D eigenvalue weighted by Gasteiger charge is 2.00. The second kappa shape index (κ2) is 5.39. The number of aromatic nitrogens is 2. The lowest BCUT2D eigenvalue weighted by molar-refractivity contribution is -0.118. The third-order valence-corrected chi connectivity index (χ3v) is 1.82. The monoisotopic (exact) mass is 214 g/mol. The molecule has 3 N–H and O–H groups in total. The summed E-state index contributed by atoms with van der Waals surface area (Å²) in [6, 6.07) is 0. The molecule has 0 unspecified atom stereocenters. The number of nitrogens with one attached hydrogen (secondary N) is 1. The maximum Gasteiger partial charge on any atom is 0.217 e. The molecule has 0 atom stereocenters. The minimum absolute atomic E-state index is 0.308. The largest absolute Gasteiger partial charge is 0.370 e. The van der Waals surface area contributed by atoms with Gasteiger partial charge in [0.25, 0.3) is 0 Å². The molecular formula is C8H11ClN4O. The third kappa shape index (κ3) is 3.57. The summed E-state index contributed by atoms with van der Waals surface area (Å²) in [6.45, 7) is 0.599. The molecule has 0 bridgehead atoms. The Morgan fingerprint density at radius 3 is 2.86 bits per heavy atom. The molecule has 0 aliphatic carbocycles. The second-order valence-electron chi connectivity index (χ2n) is 2.69. The highest BCUT2D eigenvalue weighted by molar-refractivity contribution is 6.31. The highest BCUT2D eigenvalue weighted by atomic mass is 35.5. The van der Waals surface area contributed by atoms with Gasteiger partial charge in [-0.3, -0.25) is 4.79 Å². The van der Waals surface area contributed by atoms with E-state index in [1.807, 2.05) is 0 Å². The quantitative estimate of drug-likeness (QED) is 0.711.